The van der Waals surface area contributed by atoms with Crippen LogP contribution in [0.15, 0.2) is 0 Å². The van der Waals surface area contributed by atoms with Crippen molar-refractivity contribution in [2.24, 2.45) is 35.5 Å². The van der Waals surface area contributed by atoms with E-state index in [9.17, 15) is 0 Å². The molecule has 2 fully saturated rings. The second kappa shape index (κ2) is 3.29. The lowest BCUT2D eigenvalue weighted by molar-refractivity contribution is 0.0914. The van der Waals surface area contributed by atoms with Crippen molar-refractivity contribution in [1.82, 2.24) is 0 Å². The van der Waals surface area contributed by atoms with E-state index in [1.807, 2.05) is 0 Å². The van der Waals surface area contributed by atoms with Crippen LogP contribution in [0.25, 0.3) is 0 Å². The number of hydrogen-bond donors (Lipinski definition) is 0. The quantitative estimate of drug-likeness (QED) is 0.573. The van der Waals surface area contributed by atoms with Gasteiger partial charge in [-0.15, -0.1) is 0 Å². The Morgan fingerprint density at radius 3 is 1.69 bits per heavy atom. The van der Waals surface area contributed by atoms with Crippen molar-refractivity contribution in [2.75, 3.05) is 0 Å². The molecule has 0 spiro atoms. The fraction of sp³-hybridized carbons (Fsp3) is 1.00. The maximum Gasteiger partial charge on any atom is -0.0352 e. The molecule has 76 valence electrons. The molecule has 6 atom stereocenters. The molecule has 0 aromatic carbocycles. The van der Waals surface area contributed by atoms with Crippen LogP contribution < -0.4 is 0 Å². The standard InChI is InChI=1S/C13H24/c1-8-5-6-12(8)13-7-9(2)10(3)11(13)4/h8-13H,5-7H2,1-4H3. The molecule has 0 heteroatoms. The summed E-state index contributed by atoms with van der Waals surface area (Å²) in [6.45, 7) is 9.85. The summed E-state index contributed by atoms with van der Waals surface area (Å²) in [7, 11) is 0. The minimum Gasteiger partial charge on any atom is -0.0622 e. The van der Waals surface area contributed by atoms with Crippen molar-refractivity contribution < 1.29 is 0 Å². The first kappa shape index (κ1) is 9.55. The van der Waals surface area contributed by atoms with Crippen molar-refractivity contribution in [3.05, 3.63) is 0 Å². The molecule has 0 N–H and O–H groups in total. The Morgan fingerprint density at radius 2 is 1.38 bits per heavy atom. The zero-order valence-corrected chi connectivity index (χ0v) is 9.59. The summed E-state index contributed by atoms with van der Waals surface area (Å²) in [5, 5.41) is 0. The molecular weight excluding hydrogens is 156 g/mol. The molecule has 2 saturated carbocycles. The summed E-state index contributed by atoms with van der Waals surface area (Å²) in [5.74, 6) is 6.12. The highest BCUT2D eigenvalue weighted by Crippen LogP contribution is 2.51. The Morgan fingerprint density at radius 1 is 0.692 bits per heavy atom. The van der Waals surface area contributed by atoms with Crippen LogP contribution in [0.3, 0.4) is 0 Å². The summed E-state index contributed by atoms with van der Waals surface area (Å²) < 4.78 is 0. The highest BCUT2D eigenvalue weighted by Gasteiger charge is 2.43. The minimum atomic E-state index is 0.970. The van der Waals surface area contributed by atoms with Crippen molar-refractivity contribution >= 4 is 0 Å². The molecule has 0 nitrogen and oxygen atoms in total. The number of hydrogen-bond acceptors (Lipinski definition) is 0. The van der Waals surface area contributed by atoms with Crippen molar-refractivity contribution in [3.63, 3.8) is 0 Å². The molecule has 0 aliphatic heterocycles. The fourth-order valence-corrected chi connectivity index (χ4v) is 3.66. The Hall–Kier alpha value is 0. The van der Waals surface area contributed by atoms with Gasteiger partial charge in [0.25, 0.3) is 0 Å². The highest BCUT2D eigenvalue weighted by atomic mass is 14.5. The predicted octanol–water partition coefficient (Wildman–Crippen LogP) is 3.96. The molecule has 6 unspecified atom stereocenters. The molecule has 2 aliphatic carbocycles. The molecule has 0 heterocycles. The molecule has 0 aromatic rings. The average Bonchev–Trinajstić information content (AvgIpc) is 2.32. The van der Waals surface area contributed by atoms with E-state index in [2.05, 4.69) is 27.7 Å². The van der Waals surface area contributed by atoms with Crippen LogP contribution in [0.4, 0.5) is 0 Å². The van der Waals surface area contributed by atoms with Gasteiger partial charge in [-0.2, -0.15) is 0 Å². The third kappa shape index (κ3) is 1.43. The van der Waals surface area contributed by atoms with Crippen LogP contribution in [-0.2, 0) is 0 Å². The predicted molar refractivity (Wildman–Crippen MR) is 57.5 cm³/mol. The van der Waals surface area contributed by atoms with E-state index < -0.39 is 0 Å². The third-order valence-corrected chi connectivity index (χ3v) is 5.28. The highest BCUT2D eigenvalue weighted by molar-refractivity contribution is 4.93. The minimum absolute atomic E-state index is 0.970. The first-order valence-corrected chi connectivity index (χ1v) is 6.11. The van der Waals surface area contributed by atoms with Crippen LogP contribution >= 0.6 is 0 Å². The Bertz CT molecular complexity index is 182. The molecule has 0 amide bonds. The maximum atomic E-state index is 2.49. The fourth-order valence-electron chi connectivity index (χ4n) is 3.66. The molecule has 13 heavy (non-hydrogen) atoms. The van der Waals surface area contributed by atoms with Gasteiger partial charge in [0.15, 0.2) is 0 Å². The maximum absolute atomic E-state index is 2.49. The van der Waals surface area contributed by atoms with Gasteiger partial charge in [-0.25, -0.2) is 0 Å². The Labute approximate surface area is 83.1 Å². The third-order valence-electron chi connectivity index (χ3n) is 5.28. The molecule has 2 aliphatic rings. The molecule has 0 saturated heterocycles. The van der Waals surface area contributed by atoms with E-state index in [0.717, 1.165) is 35.5 Å². The lowest BCUT2D eigenvalue weighted by Crippen LogP contribution is -2.32. The van der Waals surface area contributed by atoms with E-state index in [4.69, 9.17) is 0 Å². The Balaban J connectivity index is 2.01. The molecular formula is C13H24. The largest absolute Gasteiger partial charge is 0.0622 e. The summed E-state index contributed by atoms with van der Waals surface area (Å²) in [6.07, 6.45) is 4.53. The van der Waals surface area contributed by atoms with Crippen LogP contribution in [0.2, 0.25) is 0 Å². The van der Waals surface area contributed by atoms with E-state index in [-0.39, 0.29) is 0 Å². The van der Waals surface area contributed by atoms with Gasteiger partial charge in [0, 0.05) is 0 Å². The molecule has 2 rings (SSSR count). The molecule has 0 radical (unpaired) electrons. The van der Waals surface area contributed by atoms with Gasteiger partial charge in [-0.05, 0) is 48.3 Å². The van der Waals surface area contributed by atoms with Crippen LogP contribution in [0, 0.1) is 35.5 Å². The van der Waals surface area contributed by atoms with Gasteiger partial charge < -0.3 is 0 Å². The molecule has 0 aromatic heterocycles. The normalized spacial score (nSPS) is 56.3. The molecule has 0 bridgehead atoms. The van der Waals surface area contributed by atoms with Gasteiger partial charge in [0.2, 0.25) is 0 Å². The van der Waals surface area contributed by atoms with E-state index >= 15 is 0 Å². The van der Waals surface area contributed by atoms with Crippen molar-refractivity contribution in [1.29, 1.82) is 0 Å². The number of rotatable bonds is 1. The van der Waals surface area contributed by atoms with Crippen molar-refractivity contribution in [3.8, 4) is 0 Å². The summed E-state index contributed by atoms with van der Waals surface area (Å²) >= 11 is 0. The smallest absolute Gasteiger partial charge is 0.0352 e. The SMILES string of the molecule is CC1CC(C2CCC2C)C(C)C1C. The van der Waals surface area contributed by atoms with E-state index in [0.29, 0.717) is 0 Å². The van der Waals surface area contributed by atoms with Gasteiger partial charge >= 0.3 is 0 Å². The van der Waals surface area contributed by atoms with Gasteiger partial charge in [-0.3, -0.25) is 0 Å². The van der Waals surface area contributed by atoms with Crippen molar-refractivity contribution in [2.45, 2.75) is 47.0 Å². The van der Waals surface area contributed by atoms with Crippen LogP contribution in [-0.4, -0.2) is 0 Å². The first-order chi connectivity index (χ1) is 6.11. The lowest BCUT2D eigenvalue weighted by atomic mass is 9.65. The summed E-state index contributed by atoms with van der Waals surface area (Å²) in [6, 6.07) is 0. The van der Waals surface area contributed by atoms with Gasteiger partial charge in [0.1, 0.15) is 0 Å². The topological polar surface area (TPSA) is 0 Å². The Kier molecular flexibility index (Phi) is 2.42. The summed E-state index contributed by atoms with van der Waals surface area (Å²) in [4.78, 5) is 0. The average molecular weight is 180 g/mol. The first-order valence-electron chi connectivity index (χ1n) is 6.11. The zero-order valence-electron chi connectivity index (χ0n) is 9.59. The second-order valence-electron chi connectivity index (χ2n) is 5.81. The second-order valence-corrected chi connectivity index (χ2v) is 5.81. The lowest BCUT2D eigenvalue weighted by Gasteiger charge is -2.40. The monoisotopic (exact) mass is 180 g/mol. The van der Waals surface area contributed by atoms with Crippen LogP contribution in [0.1, 0.15) is 47.0 Å². The van der Waals surface area contributed by atoms with Gasteiger partial charge in [0.05, 0.1) is 0 Å². The van der Waals surface area contributed by atoms with Gasteiger partial charge in [-0.1, -0.05) is 34.1 Å². The summed E-state index contributed by atoms with van der Waals surface area (Å²) in [5.41, 5.74) is 0. The van der Waals surface area contributed by atoms with E-state index in [1.165, 1.54) is 19.3 Å². The van der Waals surface area contributed by atoms with Crippen LogP contribution in [0.5, 0.6) is 0 Å². The zero-order chi connectivity index (χ0) is 9.59. The van der Waals surface area contributed by atoms with E-state index in [1.54, 1.807) is 0 Å².